The number of nitrogens with zero attached hydrogens (tertiary/aromatic N) is 3. The number of nitrogens with one attached hydrogen (secondary N) is 2. The van der Waals surface area contributed by atoms with E-state index in [2.05, 4.69) is 31.1 Å². The Hall–Kier alpha value is -4.43. The van der Waals surface area contributed by atoms with Crippen molar-refractivity contribution in [2.75, 3.05) is 13.7 Å². The van der Waals surface area contributed by atoms with E-state index in [0.29, 0.717) is 63.4 Å². The van der Waals surface area contributed by atoms with Crippen molar-refractivity contribution in [3.05, 3.63) is 46.4 Å². The van der Waals surface area contributed by atoms with E-state index in [-0.39, 0.29) is 35.9 Å². The van der Waals surface area contributed by atoms with Crippen molar-refractivity contribution in [1.29, 1.82) is 0 Å². The van der Waals surface area contributed by atoms with E-state index in [1.165, 1.54) is 29.8 Å². The molecule has 4 aliphatic rings. The van der Waals surface area contributed by atoms with Crippen LogP contribution in [0, 0.1) is 17.8 Å². The lowest BCUT2D eigenvalue weighted by Crippen LogP contribution is -2.56. The third-order valence-corrected chi connectivity index (χ3v) is 12.6. The molecule has 3 aliphatic carbocycles. The largest absolute Gasteiger partial charge is 0.495 e. The van der Waals surface area contributed by atoms with Gasteiger partial charge >= 0.3 is 12.1 Å². The van der Waals surface area contributed by atoms with Crippen molar-refractivity contribution >= 4 is 57.7 Å². The zero-order valence-corrected chi connectivity index (χ0v) is 32.6. The molecule has 1 saturated heterocycles. The highest BCUT2D eigenvalue weighted by Gasteiger charge is 2.61. The molecule has 3 heterocycles. The highest BCUT2D eigenvalue weighted by atomic mass is 35.5. The lowest BCUT2D eigenvalue weighted by molar-refractivity contribution is -0.145. The fourth-order valence-corrected chi connectivity index (χ4v) is 9.24. The molecule has 3 N–H and O–H groups in total. The van der Waals surface area contributed by atoms with Crippen LogP contribution in [0.25, 0.3) is 21.6 Å². The van der Waals surface area contributed by atoms with Crippen LogP contribution in [0.15, 0.2) is 35.7 Å². The van der Waals surface area contributed by atoms with Gasteiger partial charge in [-0.2, -0.15) is 0 Å². The van der Waals surface area contributed by atoms with Gasteiger partial charge in [0.2, 0.25) is 11.8 Å². The lowest BCUT2D eigenvalue weighted by Gasteiger charge is -2.29. The quantitative estimate of drug-likeness (QED) is 0.167. The zero-order valence-electron chi connectivity index (χ0n) is 31.0. The lowest BCUT2D eigenvalue weighted by atomic mass is 10.1. The summed E-state index contributed by atoms with van der Waals surface area (Å²) in [5.41, 5.74) is 0.808. The maximum atomic E-state index is 14.4. The second-order valence-corrected chi connectivity index (χ2v) is 16.7. The van der Waals surface area contributed by atoms with Gasteiger partial charge in [0.25, 0.3) is 0 Å². The van der Waals surface area contributed by atoms with E-state index >= 15 is 0 Å². The van der Waals surface area contributed by atoms with E-state index in [1.807, 2.05) is 12.3 Å². The number of rotatable bonds is 13. The Morgan fingerprint density at radius 3 is 2.46 bits per heavy atom. The molecule has 7 rings (SSSR count). The van der Waals surface area contributed by atoms with E-state index in [1.54, 1.807) is 25.1 Å². The first-order chi connectivity index (χ1) is 25.7. The van der Waals surface area contributed by atoms with Crippen LogP contribution in [0.3, 0.4) is 0 Å². The minimum Gasteiger partial charge on any atom is -0.495 e. The van der Waals surface area contributed by atoms with Gasteiger partial charge in [-0.1, -0.05) is 45.4 Å². The summed E-state index contributed by atoms with van der Waals surface area (Å²) in [6.45, 7) is 11.5. The first-order valence-corrected chi connectivity index (χ1v) is 19.8. The van der Waals surface area contributed by atoms with Crippen LogP contribution in [0.5, 0.6) is 11.5 Å². The number of amides is 3. The van der Waals surface area contributed by atoms with E-state index in [9.17, 15) is 24.3 Å². The minimum atomic E-state index is -1.41. The Morgan fingerprint density at radius 2 is 1.85 bits per heavy atom. The highest BCUT2D eigenvalue weighted by molar-refractivity contribution is 7.13. The molecule has 0 radical (unpaired) electrons. The summed E-state index contributed by atoms with van der Waals surface area (Å²) in [7, 11) is 1.52. The van der Waals surface area contributed by atoms with E-state index < -0.39 is 47.6 Å². The number of carbonyl (C=O) groups excluding carboxylic acids is 3. The molecule has 4 fully saturated rings. The predicted molar refractivity (Wildman–Crippen MR) is 203 cm³/mol. The Labute approximate surface area is 322 Å². The molecule has 288 valence electrons. The maximum Gasteiger partial charge on any atom is 0.408 e. The maximum absolute atomic E-state index is 14.4. The molecular formula is C39H46ClN5O8S. The van der Waals surface area contributed by atoms with Gasteiger partial charge < -0.3 is 34.9 Å². The molecule has 54 heavy (non-hydrogen) atoms. The van der Waals surface area contributed by atoms with Gasteiger partial charge in [-0.25, -0.2) is 19.6 Å². The average molecular weight is 780 g/mol. The number of methoxy groups -OCH3 is 1. The van der Waals surface area contributed by atoms with Gasteiger partial charge in [0.1, 0.15) is 57.1 Å². The third-order valence-electron chi connectivity index (χ3n) is 11.3. The fourth-order valence-electron chi connectivity index (χ4n) is 8.01. The molecule has 15 heteroatoms. The number of ether oxygens (including phenoxy) is 3. The topological polar surface area (TPSA) is 169 Å². The molecule has 1 aromatic carbocycles. The number of halogens is 1. The molecule has 0 unspecified atom stereocenters. The summed E-state index contributed by atoms with van der Waals surface area (Å²) in [6, 6.07) is 2.96. The number of aliphatic carboxylic acids is 1. The molecular weight excluding hydrogens is 734 g/mol. The monoisotopic (exact) mass is 779 g/mol. The Balaban J connectivity index is 1.19. The van der Waals surface area contributed by atoms with Crippen LogP contribution in [0.1, 0.15) is 77.8 Å². The molecule has 3 aromatic rings. The van der Waals surface area contributed by atoms with Crippen LogP contribution in [-0.2, 0) is 19.1 Å². The van der Waals surface area contributed by atoms with Crippen LogP contribution in [-0.4, -0.2) is 87.3 Å². The van der Waals surface area contributed by atoms with Gasteiger partial charge in [0, 0.05) is 23.3 Å². The smallest absolute Gasteiger partial charge is 0.408 e. The molecule has 3 amide bonds. The Bertz CT molecular complexity index is 2010. The standard InChI is InChI=1S/C39H46ClN5O8S/c1-7-22-15-39(22,37(48)49)44-34(46)28-13-24(16-45(28)36(47)32(19(4)5)43-38(50)53-23-11-20-10-21(20)12-23)52-30-14-26(35-42-27(17-54-35)18(2)3)41-33-25(30)8-9-29(51-6)31(33)40/h8-9,14,17-18,20-24,28,32H,4,7,10-13,15-16H2,1-3,5-6H3,(H,43,50)(H,44,46)(H,48,49)/t20-,21+,22-,23+,24-,28+,32+,39-/m1/s1. The van der Waals surface area contributed by atoms with Gasteiger partial charge in [0.15, 0.2) is 0 Å². The summed E-state index contributed by atoms with van der Waals surface area (Å²) >= 11 is 8.24. The minimum absolute atomic E-state index is 0.0417. The number of hydrogen-bond acceptors (Lipinski definition) is 10. The van der Waals surface area contributed by atoms with Gasteiger partial charge in [-0.3, -0.25) is 9.59 Å². The number of likely N-dealkylation sites (tertiary alicyclic amines) is 1. The number of aromatic nitrogens is 2. The Morgan fingerprint density at radius 1 is 1.11 bits per heavy atom. The van der Waals surface area contributed by atoms with E-state index in [0.717, 1.165) is 18.5 Å². The molecule has 1 aliphatic heterocycles. The summed E-state index contributed by atoms with van der Waals surface area (Å²) in [5, 5.41) is 19.1. The number of carboxylic acid groups (broad SMARTS) is 1. The van der Waals surface area contributed by atoms with Crippen molar-refractivity contribution in [3.8, 4) is 22.2 Å². The zero-order chi connectivity index (χ0) is 38.6. The molecule has 8 atom stereocenters. The number of thiazole rings is 1. The van der Waals surface area contributed by atoms with Crippen LogP contribution >= 0.6 is 22.9 Å². The number of fused-ring (bicyclic) bond motifs is 2. The normalized spacial score (nSPS) is 27.3. The van der Waals surface area contributed by atoms with Crippen molar-refractivity contribution < 1.29 is 38.5 Å². The van der Waals surface area contributed by atoms with Gasteiger partial charge in [-0.15, -0.1) is 11.3 Å². The second-order valence-electron chi connectivity index (χ2n) is 15.5. The molecule has 13 nitrogen and oxygen atoms in total. The Kier molecular flexibility index (Phi) is 10.3. The van der Waals surface area contributed by atoms with E-state index in [4.69, 9.17) is 35.8 Å². The van der Waals surface area contributed by atoms with Crippen LogP contribution in [0.4, 0.5) is 4.79 Å². The highest BCUT2D eigenvalue weighted by Crippen LogP contribution is 2.52. The summed E-state index contributed by atoms with van der Waals surface area (Å²) < 4.78 is 17.8. The van der Waals surface area contributed by atoms with Crippen molar-refractivity contribution in [2.24, 2.45) is 17.8 Å². The fraction of sp³-hybridized carbons (Fsp3) is 0.538. The molecule has 0 spiro atoms. The van der Waals surface area contributed by atoms with Gasteiger partial charge in [0.05, 0.1) is 24.9 Å². The molecule has 0 bridgehead atoms. The summed E-state index contributed by atoms with van der Waals surface area (Å²) in [4.78, 5) is 64.9. The molecule has 3 saturated carbocycles. The third kappa shape index (κ3) is 7.22. The van der Waals surface area contributed by atoms with Gasteiger partial charge in [-0.05, 0) is 74.0 Å². The van der Waals surface area contributed by atoms with Crippen LogP contribution in [0.2, 0.25) is 5.02 Å². The van der Waals surface area contributed by atoms with Crippen molar-refractivity contribution in [1.82, 2.24) is 25.5 Å². The van der Waals surface area contributed by atoms with Crippen molar-refractivity contribution in [2.45, 2.75) is 102 Å². The number of carboxylic acids is 1. The predicted octanol–water partition coefficient (Wildman–Crippen LogP) is 6.33. The van der Waals surface area contributed by atoms with Crippen molar-refractivity contribution in [3.63, 3.8) is 0 Å². The summed E-state index contributed by atoms with van der Waals surface area (Å²) in [5.74, 6) is -0.313. The number of alkyl carbamates (subject to hydrolysis) is 1. The number of benzene rings is 1. The number of pyridine rings is 1. The average Bonchev–Trinajstić information content (AvgIpc) is 3.77. The molecule has 2 aromatic heterocycles. The first kappa shape index (κ1) is 37.9. The van der Waals surface area contributed by atoms with Crippen LogP contribution < -0.4 is 20.1 Å². The summed E-state index contributed by atoms with van der Waals surface area (Å²) in [6.07, 6.45) is 2.04. The SMILES string of the molecule is C=C(C)[C@H](NC(=O)O[C@@H]1C[C@@H]2C[C@@H]2C1)C(=O)N1C[C@H](Oc2cc(-c3nc(C(C)C)cs3)nc3c(Cl)c(OC)ccc23)C[C@H]1C(=O)N[C@]1(C(=O)O)C[C@H]1CC. The first-order valence-electron chi connectivity index (χ1n) is 18.5. The number of carbonyl (C=O) groups is 4. The number of hydrogen-bond donors (Lipinski definition) is 3. The second kappa shape index (κ2) is 14.7.